The van der Waals surface area contributed by atoms with Gasteiger partial charge in [0.2, 0.25) is 0 Å². The maximum atomic E-state index is 2.55. The molecule has 23 heavy (non-hydrogen) atoms. The number of rotatable bonds is 1. The molecule has 2 aliphatic rings. The van der Waals surface area contributed by atoms with Crippen LogP contribution in [0.4, 0.5) is 0 Å². The van der Waals surface area contributed by atoms with E-state index in [-0.39, 0.29) is 0 Å². The third-order valence-corrected chi connectivity index (χ3v) is 7.88. The molecule has 0 aromatic rings. The zero-order valence-electron chi connectivity index (χ0n) is 17.3. The first-order valence-electron chi connectivity index (χ1n) is 10.7. The molecule has 0 aliphatic heterocycles. The lowest BCUT2D eigenvalue weighted by atomic mass is 9.73. The molecule has 2 rings (SSSR count). The predicted octanol–water partition coefficient (Wildman–Crippen LogP) is 7.72. The molecule has 0 aromatic heterocycles. The van der Waals surface area contributed by atoms with Crippen molar-refractivity contribution in [3.8, 4) is 0 Å². The molecule has 0 amide bonds. The Balaban J connectivity index is 2.06. The highest BCUT2D eigenvalue weighted by molar-refractivity contribution is 5.04. The van der Waals surface area contributed by atoms with E-state index in [1.807, 2.05) is 0 Å². The van der Waals surface area contributed by atoms with Crippen LogP contribution < -0.4 is 0 Å². The summed E-state index contributed by atoms with van der Waals surface area (Å²) in [7, 11) is 0. The van der Waals surface area contributed by atoms with E-state index >= 15 is 0 Å². The minimum absolute atomic E-state index is 0.535. The first-order chi connectivity index (χ1) is 10.7. The summed E-state index contributed by atoms with van der Waals surface area (Å²) in [5.41, 5.74) is 1.26. The van der Waals surface area contributed by atoms with Gasteiger partial charge in [0, 0.05) is 0 Å². The van der Waals surface area contributed by atoms with Crippen molar-refractivity contribution in [3.05, 3.63) is 0 Å². The Hall–Kier alpha value is 0. The summed E-state index contributed by atoms with van der Waals surface area (Å²) in [6, 6.07) is 0. The Bertz CT molecular complexity index is 368. The van der Waals surface area contributed by atoms with Crippen molar-refractivity contribution in [2.24, 2.45) is 40.4 Å². The van der Waals surface area contributed by atoms with E-state index in [0.29, 0.717) is 5.41 Å². The fourth-order valence-electron chi connectivity index (χ4n) is 5.85. The van der Waals surface area contributed by atoms with Crippen LogP contribution in [-0.2, 0) is 0 Å². The molecule has 0 saturated heterocycles. The summed E-state index contributed by atoms with van der Waals surface area (Å²) >= 11 is 0. The lowest BCUT2D eigenvalue weighted by Gasteiger charge is -2.33. The van der Waals surface area contributed by atoms with E-state index in [1.165, 1.54) is 57.8 Å². The SMILES string of the molecule is CCC12CC(C)C(C)CCC(C)(C)CC(C)CCCC(C)C1C2. The second-order valence-electron chi connectivity index (χ2n) is 10.6. The zero-order valence-corrected chi connectivity index (χ0v) is 17.3. The van der Waals surface area contributed by atoms with E-state index < -0.39 is 0 Å². The summed E-state index contributed by atoms with van der Waals surface area (Å²) in [6.45, 7) is 17.6. The van der Waals surface area contributed by atoms with Gasteiger partial charge in [0.15, 0.2) is 0 Å². The fourth-order valence-corrected chi connectivity index (χ4v) is 5.85. The molecule has 0 spiro atoms. The number of hydrogen-bond donors (Lipinski definition) is 0. The van der Waals surface area contributed by atoms with E-state index in [9.17, 15) is 0 Å². The molecule has 136 valence electrons. The van der Waals surface area contributed by atoms with Crippen molar-refractivity contribution in [2.75, 3.05) is 0 Å². The highest BCUT2D eigenvalue weighted by Crippen LogP contribution is 2.63. The second-order valence-corrected chi connectivity index (χ2v) is 10.6. The molecule has 0 heterocycles. The van der Waals surface area contributed by atoms with Gasteiger partial charge in [-0.1, -0.05) is 74.1 Å². The van der Waals surface area contributed by atoms with Crippen LogP contribution in [0.1, 0.15) is 106 Å². The lowest BCUT2D eigenvalue weighted by Crippen LogP contribution is -2.21. The number of fused-ring (bicyclic) bond motifs is 1. The largest absolute Gasteiger partial charge is 0.0648 e. The molecular weight excluding hydrogens is 276 g/mol. The zero-order chi connectivity index (χ0) is 17.3. The Labute approximate surface area is 147 Å². The Morgan fingerprint density at radius 1 is 0.783 bits per heavy atom. The minimum atomic E-state index is 0.535. The van der Waals surface area contributed by atoms with Crippen LogP contribution in [0.3, 0.4) is 0 Å². The van der Waals surface area contributed by atoms with E-state index in [0.717, 1.165) is 35.0 Å². The first-order valence-corrected chi connectivity index (χ1v) is 10.7. The normalized spacial score (nSPS) is 45.8. The second kappa shape index (κ2) is 7.49. The highest BCUT2D eigenvalue weighted by atomic mass is 14.6. The molecule has 0 bridgehead atoms. The summed E-state index contributed by atoms with van der Waals surface area (Å²) in [5, 5.41) is 0. The summed E-state index contributed by atoms with van der Waals surface area (Å²) in [5.74, 6) is 4.70. The van der Waals surface area contributed by atoms with Crippen LogP contribution in [0.2, 0.25) is 0 Å². The van der Waals surface area contributed by atoms with Crippen molar-refractivity contribution in [1.29, 1.82) is 0 Å². The van der Waals surface area contributed by atoms with Crippen LogP contribution >= 0.6 is 0 Å². The standard InChI is InChI=1S/C23H44/c1-8-23-15-20(5)18(3)12-13-22(6,7)14-17(2)10-9-11-19(4)21(23)16-23/h17-21H,8-16H2,1-7H3. The average Bonchev–Trinajstić information content (AvgIpc) is 3.18. The molecule has 2 saturated carbocycles. The van der Waals surface area contributed by atoms with Crippen molar-refractivity contribution >= 4 is 0 Å². The van der Waals surface area contributed by atoms with E-state index in [4.69, 9.17) is 0 Å². The van der Waals surface area contributed by atoms with Crippen LogP contribution in [-0.4, -0.2) is 0 Å². The van der Waals surface area contributed by atoms with Crippen molar-refractivity contribution < 1.29 is 0 Å². The minimum Gasteiger partial charge on any atom is -0.0648 e. The van der Waals surface area contributed by atoms with Gasteiger partial charge in [-0.2, -0.15) is 0 Å². The maximum absolute atomic E-state index is 2.55. The van der Waals surface area contributed by atoms with Gasteiger partial charge < -0.3 is 0 Å². The van der Waals surface area contributed by atoms with E-state index in [1.54, 1.807) is 0 Å². The molecule has 0 radical (unpaired) electrons. The van der Waals surface area contributed by atoms with Gasteiger partial charge in [-0.25, -0.2) is 0 Å². The first kappa shape index (κ1) is 19.3. The smallest absolute Gasteiger partial charge is 0.0263 e. The average molecular weight is 321 g/mol. The topological polar surface area (TPSA) is 0 Å². The Morgan fingerprint density at radius 2 is 1.48 bits per heavy atom. The fraction of sp³-hybridized carbons (Fsp3) is 1.00. The van der Waals surface area contributed by atoms with Crippen LogP contribution in [0, 0.1) is 40.4 Å². The third kappa shape index (κ3) is 4.99. The van der Waals surface area contributed by atoms with E-state index in [2.05, 4.69) is 48.5 Å². The van der Waals surface area contributed by atoms with Gasteiger partial charge in [-0.3, -0.25) is 0 Å². The van der Waals surface area contributed by atoms with Crippen LogP contribution in [0.5, 0.6) is 0 Å². The summed E-state index contributed by atoms with van der Waals surface area (Å²) < 4.78 is 0. The molecule has 0 N–H and O–H groups in total. The quantitative estimate of drug-likeness (QED) is 0.464. The Kier molecular flexibility index (Phi) is 6.29. The van der Waals surface area contributed by atoms with Gasteiger partial charge in [0.05, 0.1) is 0 Å². The third-order valence-electron chi connectivity index (χ3n) is 7.88. The molecule has 2 fully saturated rings. The van der Waals surface area contributed by atoms with Crippen LogP contribution in [0.25, 0.3) is 0 Å². The lowest BCUT2D eigenvalue weighted by molar-refractivity contribution is 0.185. The molecule has 6 unspecified atom stereocenters. The molecule has 0 aromatic carbocycles. The van der Waals surface area contributed by atoms with Gasteiger partial charge in [0.1, 0.15) is 0 Å². The van der Waals surface area contributed by atoms with Gasteiger partial charge in [-0.05, 0) is 72.5 Å². The molecule has 0 nitrogen and oxygen atoms in total. The monoisotopic (exact) mass is 320 g/mol. The van der Waals surface area contributed by atoms with Gasteiger partial charge in [0.25, 0.3) is 0 Å². The summed E-state index contributed by atoms with van der Waals surface area (Å²) in [4.78, 5) is 0. The molecule has 6 atom stereocenters. The molecule has 2 aliphatic carbocycles. The van der Waals surface area contributed by atoms with Gasteiger partial charge >= 0.3 is 0 Å². The predicted molar refractivity (Wildman–Crippen MR) is 104 cm³/mol. The Morgan fingerprint density at radius 3 is 2.13 bits per heavy atom. The summed E-state index contributed by atoms with van der Waals surface area (Å²) in [6.07, 6.45) is 13.1. The highest BCUT2D eigenvalue weighted by Gasteiger charge is 2.54. The van der Waals surface area contributed by atoms with Gasteiger partial charge in [-0.15, -0.1) is 0 Å². The number of hydrogen-bond acceptors (Lipinski definition) is 0. The van der Waals surface area contributed by atoms with Crippen molar-refractivity contribution in [3.63, 3.8) is 0 Å². The van der Waals surface area contributed by atoms with Crippen molar-refractivity contribution in [1.82, 2.24) is 0 Å². The maximum Gasteiger partial charge on any atom is -0.0263 e. The van der Waals surface area contributed by atoms with Crippen molar-refractivity contribution in [2.45, 2.75) is 106 Å². The molecule has 0 heteroatoms. The molecular formula is C23H44. The van der Waals surface area contributed by atoms with Crippen LogP contribution in [0.15, 0.2) is 0 Å².